The molecule has 2 aromatic carbocycles. The summed E-state index contributed by atoms with van der Waals surface area (Å²) in [5.74, 6) is -0.949. The number of aromatic nitrogens is 2. The lowest BCUT2D eigenvalue weighted by Gasteiger charge is -2.34. The van der Waals surface area contributed by atoms with E-state index in [9.17, 15) is 22.4 Å². The van der Waals surface area contributed by atoms with Crippen LogP contribution in [0, 0.1) is 5.82 Å². The summed E-state index contributed by atoms with van der Waals surface area (Å²) in [4.78, 5) is 35.5. The van der Waals surface area contributed by atoms with Gasteiger partial charge in [-0.2, -0.15) is 4.98 Å². The lowest BCUT2D eigenvalue weighted by atomic mass is 10.1. The van der Waals surface area contributed by atoms with Crippen molar-refractivity contribution in [1.82, 2.24) is 19.8 Å². The second kappa shape index (κ2) is 10.3. The molecule has 1 fully saturated rings. The minimum atomic E-state index is -3.89. The van der Waals surface area contributed by atoms with Crippen LogP contribution < -0.4 is 15.8 Å². The molecule has 2 amide bonds. The second-order valence-electron chi connectivity index (χ2n) is 8.09. The third-order valence-electron chi connectivity index (χ3n) is 5.57. The zero-order valence-electron chi connectivity index (χ0n) is 19.3. The molecule has 1 aromatic heterocycles. The summed E-state index contributed by atoms with van der Waals surface area (Å²) in [7, 11) is -3.89. The van der Waals surface area contributed by atoms with E-state index in [4.69, 9.17) is 5.14 Å². The van der Waals surface area contributed by atoms with Crippen LogP contribution in [-0.2, 0) is 14.8 Å². The summed E-state index contributed by atoms with van der Waals surface area (Å²) < 4.78 is 37.5. The van der Waals surface area contributed by atoms with Crippen LogP contribution in [-0.4, -0.2) is 66.2 Å². The first kappa shape index (κ1) is 25.0. The zero-order valence-corrected chi connectivity index (χ0v) is 20.1. The first-order valence-corrected chi connectivity index (χ1v) is 12.5. The fourth-order valence-electron chi connectivity index (χ4n) is 3.63. The average Bonchev–Trinajstić information content (AvgIpc) is 2.86. The number of nitrogens with one attached hydrogen (secondary N) is 2. The van der Waals surface area contributed by atoms with Crippen molar-refractivity contribution in [1.29, 1.82) is 0 Å². The highest BCUT2D eigenvalue weighted by molar-refractivity contribution is 7.89. The molecule has 0 atom stereocenters. The summed E-state index contributed by atoms with van der Waals surface area (Å²) in [6.45, 7) is 3.42. The van der Waals surface area contributed by atoms with Crippen LogP contribution >= 0.6 is 0 Å². The number of carbonyl (C=O) groups excluding carboxylic acids is 2. The Kier molecular flexibility index (Phi) is 7.12. The van der Waals surface area contributed by atoms with Crippen molar-refractivity contribution in [2.24, 2.45) is 5.14 Å². The number of sulfonamides is 1. The van der Waals surface area contributed by atoms with Gasteiger partial charge in [-0.15, -0.1) is 0 Å². The molecule has 11 nitrogen and oxygen atoms in total. The van der Waals surface area contributed by atoms with Crippen molar-refractivity contribution in [2.75, 3.05) is 36.8 Å². The third-order valence-corrected chi connectivity index (χ3v) is 6.48. The summed E-state index contributed by atoms with van der Waals surface area (Å²) in [5, 5.41) is 10.8. The molecule has 0 radical (unpaired) electrons. The first-order valence-electron chi connectivity index (χ1n) is 10.9. The molecule has 36 heavy (non-hydrogen) atoms. The molecule has 3 aromatic rings. The van der Waals surface area contributed by atoms with Gasteiger partial charge in [-0.25, -0.2) is 22.9 Å². The molecule has 0 aliphatic carbocycles. The SMILES string of the molecule is CC(=O)N1CCN(C(=O)c2ccc(Nc3nc(Nc4cccc(S(N)(=O)=O)c4)ncc3F)cc2)CC1. The maximum Gasteiger partial charge on any atom is 0.253 e. The molecule has 4 N–H and O–H groups in total. The van der Waals surface area contributed by atoms with Crippen molar-refractivity contribution in [3.05, 3.63) is 66.1 Å². The van der Waals surface area contributed by atoms with Crippen LogP contribution in [0.4, 0.5) is 27.5 Å². The number of piperazine rings is 1. The predicted molar refractivity (Wildman–Crippen MR) is 131 cm³/mol. The Hall–Kier alpha value is -4.10. The number of nitrogens with zero attached hydrogens (tertiary/aromatic N) is 4. The number of hydrogen-bond donors (Lipinski definition) is 3. The molecular weight excluding hydrogens is 489 g/mol. The molecule has 1 aliphatic rings. The number of benzene rings is 2. The van der Waals surface area contributed by atoms with Gasteiger partial charge in [-0.1, -0.05) is 6.07 Å². The summed E-state index contributed by atoms with van der Waals surface area (Å²) >= 11 is 0. The van der Waals surface area contributed by atoms with Crippen LogP contribution in [0.2, 0.25) is 0 Å². The van der Waals surface area contributed by atoms with Gasteiger partial charge < -0.3 is 20.4 Å². The number of primary sulfonamides is 1. The van der Waals surface area contributed by atoms with Crippen LogP contribution in [0.1, 0.15) is 17.3 Å². The van der Waals surface area contributed by atoms with Gasteiger partial charge in [-0.05, 0) is 42.5 Å². The van der Waals surface area contributed by atoms with Gasteiger partial charge in [0.1, 0.15) is 0 Å². The van der Waals surface area contributed by atoms with Crippen molar-refractivity contribution in [3.8, 4) is 0 Å². The van der Waals surface area contributed by atoms with E-state index in [-0.39, 0.29) is 28.5 Å². The van der Waals surface area contributed by atoms with E-state index >= 15 is 0 Å². The summed E-state index contributed by atoms with van der Waals surface area (Å²) in [6, 6.07) is 12.2. The highest BCUT2D eigenvalue weighted by Crippen LogP contribution is 2.22. The second-order valence-corrected chi connectivity index (χ2v) is 9.65. The topological polar surface area (TPSA) is 151 Å². The van der Waals surface area contributed by atoms with E-state index < -0.39 is 15.8 Å². The Morgan fingerprint density at radius 1 is 0.972 bits per heavy atom. The monoisotopic (exact) mass is 513 g/mol. The van der Waals surface area contributed by atoms with Crippen LogP contribution in [0.15, 0.2) is 59.6 Å². The average molecular weight is 514 g/mol. The third kappa shape index (κ3) is 5.93. The minimum Gasteiger partial charge on any atom is -0.339 e. The Morgan fingerprint density at radius 2 is 1.64 bits per heavy atom. The maximum atomic E-state index is 14.4. The van der Waals surface area contributed by atoms with E-state index in [1.54, 1.807) is 40.1 Å². The van der Waals surface area contributed by atoms with Gasteiger partial charge in [0.05, 0.1) is 11.1 Å². The van der Waals surface area contributed by atoms with Gasteiger partial charge >= 0.3 is 0 Å². The molecule has 1 aliphatic heterocycles. The lowest BCUT2D eigenvalue weighted by Crippen LogP contribution is -2.50. The Bertz CT molecular complexity index is 1390. The molecule has 2 heterocycles. The van der Waals surface area contributed by atoms with Crippen molar-refractivity contribution < 1.29 is 22.4 Å². The molecule has 13 heteroatoms. The minimum absolute atomic E-state index is 0.00939. The number of anilines is 4. The van der Waals surface area contributed by atoms with Gasteiger partial charge in [0, 0.05) is 50.0 Å². The number of hydrogen-bond acceptors (Lipinski definition) is 8. The number of rotatable bonds is 6. The fraction of sp³-hybridized carbons (Fsp3) is 0.217. The molecule has 0 bridgehead atoms. The maximum absolute atomic E-state index is 14.4. The van der Waals surface area contributed by atoms with E-state index in [0.717, 1.165) is 6.20 Å². The van der Waals surface area contributed by atoms with E-state index in [2.05, 4.69) is 20.6 Å². The van der Waals surface area contributed by atoms with Gasteiger partial charge in [-0.3, -0.25) is 9.59 Å². The summed E-state index contributed by atoms with van der Waals surface area (Å²) in [5.41, 5.74) is 1.32. The smallest absolute Gasteiger partial charge is 0.253 e. The highest BCUT2D eigenvalue weighted by Gasteiger charge is 2.23. The largest absolute Gasteiger partial charge is 0.339 e. The van der Waals surface area contributed by atoms with Crippen LogP contribution in [0.3, 0.4) is 0 Å². The van der Waals surface area contributed by atoms with Crippen molar-refractivity contribution >= 4 is 45.0 Å². The van der Waals surface area contributed by atoms with E-state index in [1.807, 2.05) is 0 Å². The Labute approximate surface area is 207 Å². The molecule has 0 saturated carbocycles. The Morgan fingerprint density at radius 3 is 2.28 bits per heavy atom. The molecular formula is C23H24FN7O4S. The number of halogens is 1. The normalized spacial score (nSPS) is 13.9. The standard InChI is InChI=1S/C23H24FN7O4S/c1-15(32)30-9-11-31(12-10-30)22(33)16-5-7-17(8-6-16)27-21-20(24)14-26-23(29-21)28-18-3-2-4-19(13-18)36(25,34)35/h2-8,13-14H,9-12H2,1H3,(H2,25,34,35)(H2,26,27,28,29). The van der Waals surface area contributed by atoms with E-state index in [1.165, 1.54) is 25.1 Å². The van der Waals surface area contributed by atoms with E-state index in [0.29, 0.717) is 43.1 Å². The summed E-state index contributed by atoms with van der Waals surface area (Å²) in [6.07, 6.45) is 0.972. The van der Waals surface area contributed by atoms with Crippen LogP contribution in [0.5, 0.6) is 0 Å². The Balaban J connectivity index is 1.43. The van der Waals surface area contributed by atoms with Gasteiger partial charge in [0.2, 0.25) is 21.9 Å². The number of nitrogens with two attached hydrogens (primary N) is 1. The molecule has 188 valence electrons. The van der Waals surface area contributed by atoms with Crippen LogP contribution in [0.25, 0.3) is 0 Å². The molecule has 0 unspecified atom stereocenters. The lowest BCUT2D eigenvalue weighted by molar-refractivity contribution is -0.130. The predicted octanol–water partition coefficient (Wildman–Crippen LogP) is 2.05. The molecule has 1 saturated heterocycles. The fourth-order valence-corrected chi connectivity index (χ4v) is 4.19. The first-order chi connectivity index (χ1) is 17.1. The van der Waals surface area contributed by atoms with Crippen molar-refractivity contribution in [2.45, 2.75) is 11.8 Å². The van der Waals surface area contributed by atoms with Gasteiger partial charge in [0.25, 0.3) is 5.91 Å². The highest BCUT2D eigenvalue weighted by atomic mass is 32.2. The quantitative estimate of drug-likeness (QED) is 0.453. The van der Waals surface area contributed by atoms with Gasteiger partial charge in [0.15, 0.2) is 11.6 Å². The van der Waals surface area contributed by atoms with Crippen molar-refractivity contribution in [3.63, 3.8) is 0 Å². The zero-order chi connectivity index (χ0) is 25.9. The molecule has 0 spiro atoms. The molecule has 4 rings (SSSR count). The number of carbonyl (C=O) groups is 2. The number of amides is 2.